The van der Waals surface area contributed by atoms with Gasteiger partial charge in [-0.25, -0.2) is 4.98 Å². The molecule has 1 heterocycles. The lowest BCUT2D eigenvalue weighted by Crippen LogP contribution is -2.35. The molecule has 1 atom stereocenters. The van der Waals surface area contributed by atoms with E-state index < -0.39 is 0 Å². The Morgan fingerprint density at radius 3 is 2.88 bits per heavy atom. The first-order valence-electron chi connectivity index (χ1n) is 8.58. The number of carbonyl (C=O) groups excluding carboxylic acids is 1. The van der Waals surface area contributed by atoms with Crippen LogP contribution in [0.2, 0.25) is 0 Å². The van der Waals surface area contributed by atoms with Gasteiger partial charge in [0.2, 0.25) is 0 Å². The van der Waals surface area contributed by atoms with Crippen LogP contribution in [0.15, 0.2) is 30.1 Å². The molecule has 1 amide bonds. The number of carbonyl (C=O) groups is 1. The molecule has 0 saturated heterocycles. The molecule has 5 nitrogen and oxygen atoms in total. The SMILES string of the molecule is CCN(CCNC)C(=O)c1sc(C2=CC(C)C=CC=C2OC)nc1C. The number of likely N-dealkylation sites (N-methyl/N-ethyl adjacent to an activating group) is 2. The van der Waals surface area contributed by atoms with E-state index >= 15 is 0 Å². The summed E-state index contributed by atoms with van der Waals surface area (Å²) in [6, 6.07) is 0. The van der Waals surface area contributed by atoms with Gasteiger partial charge in [0, 0.05) is 25.2 Å². The predicted octanol–water partition coefficient (Wildman–Crippen LogP) is 3.25. The molecule has 1 unspecified atom stereocenters. The van der Waals surface area contributed by atoms with Gasteiger partial charge >= 0.3 is 0 Å². The second kappa shape index (κ2) is 8.97. The van der Waals surface area contributed by atoms with Crippen molar-refractivity contribution in [3.8, 4) is 0 Å². The molecule has 0 bridgehead atoms. The minimum Gasteiger partial charge on any atom is -0.496 e. The van der Waals surface area contributed by atoms with E-state index in [9.17, 15) is 4.79 Å². The highest BCUT2D eigenvalue weighted by Crippen LogP contribution is 2.32. The first kappa shape index (κ1) is 19.4. The highest BCUT2D eigenvalue weighted by Gasteiger charge is 2.23. The number of hydrogen-bond donors (Lipinski definition) is 1. The molecule has 0 aliphatic heterocycles. The molecule has 1 N–H and O–H groups in total. The molecule has 1 aromatic heterocycles. The standard InChI is InChI=1S/C19H27N3O2S/c1-6-22(11-10-20-4)19(23)17-14(3)21-18(25-17)15-12-13(2)8-7-9-16(15)24-5/h7-9,12-13,20H,6,10-11H2,1-5H3. The van der Waals surface area contributed by atoms with Crippen molar-refractivity contribution >= 4 is 22.8 Å². The Morgan fingerprint density at radius 1 is 1.48 bits per heavy atom. The summed E-state index contributed by atoms with van der Waals surface area (Å²) in [5.74, 6) is 1.10. The van der Waals surface area contributed by atoms with Crippen molar-refractivity contribution in [3.05, 3.63) is 45.6 Å². The monoisotopic (exact) mass is 361 g/mol. The molecule has 1 aliphatic carbocycles. The van der Waals surface area contributed by atoms with Gasteiger partial charge in [-0.1, -0.05) is 25.2 Å². The van der Waals surface area contributed by atoms with Crippen LogP contribution in [0.25, 0.3) is 5.57 Å². The molecule has 2 rings (SSSR count). The highest BCUT2D eigenvalue weighted by atomic mass is 32.1. The maximum absolute atomic E-state index is 12.9. The molecule has 136 valence electrons. The number of aromatic nitrogens is 1. The number of nitrogens with zero attached hydrogens (tertiary/aromatic N) is 2. The van der Waals surface area contributed by atoms with Gasteiger partial charge < -0.3 is 15.0 Å². The van der Waals surface area contributed by atoms with Crippen LogP contribution < -0.4 is 5.32 Å². The fraction of sp³-hybridized carbons (Fsp3) is 0.474. The largest absolute Gasteiger partial charge is 0.496 e. The zero-order valence-corrected chi connectivity index (χ0v) is 16.4. The first-order chi connectivity index (χ1) is 12.0. The number of rotatable bonds is 7. The Kier molecular flexibility index (Phi) is 6.96. The predicted molar refractivity (Wildman–Crippen MR) is 104 cm³/mol. The lowest BCUT2D eigenvalue weighted by molar-refractivity contribution is 0.0770. The van der Waals surface area contributed by atoms with Crippen molar-refractivity contribution in [1.29, 1.82) is 0 Å². The zero-order valence-electron chi connectivity index (χ0n) is 15.6. The fourth-order valence-corrected chi connectivity index (χ4v) is 3.73. The van der Waals surface area contributed by atoms with Crippen molar-refractivity contribution in [1.82, 2.24) is 15.2 Å². The van der Waals surface area contributed by atoms with Crippen LogP contribution in [0.5, 0.6) is 0 Å². The maximum Gasteiger partial charge on any atom is 0.265 e. The van der Waals surface area contributed by atoms with Gasteiger partial charge in [-0.15, -0.1) is 11.3 Å². The molecular formula is C19H27N3O2S. The van der Waals surface area contributed by atoms with Gasteiger partial charge in [0.25, 0.3) is 5.91 Å². The van der Waals surface area contributed by atoms with Crippen LogP contribution in [-0.2, 0) is 4.74 Å². The van der Waals surface area contributed by atoms with Gasteiger partial charge in [-0.05, 0) is 32.9 Å². The van der Waals surface area contributed by atoms with Crippen molar-refractivity contribution < 1.29 is 9.53 Å². The summed E-state index contributed by atoms with van der Waals surface area (Å²) in [6.45, 7) is 8.15. The van der Waals surface area contributed by atoms with E-state index in [0.29, 0.717) is 18.0 Å². The maximum atomic E-state index is 12.9. The zero-order chi connectivity index (χ0) is 18.4. The summed E-state index contributed by atoms with van der Waals surface area (Å²) in [5.41, 5.74) is 1.72. The molecule has 0 fully saturated rings. The molecule has 0 spiro atoms. The summed E-state index contributed by atoms with van der Waals surface area (Å²) < 4.78 is 5.52. The van der Waals surface area contributed by atoms with Gasteiger partial charge in [-0.3, -0.25) is 4.79 Å². The number of allylic oxidation sites excluding steroid dienone is 5. The number of hydrogen-bond acceptors (Lipinski definition) is 5. The van der Waals surface area contributed by atoms with Gasteiger partial charge in [-0.2, -0.15) is 0 Å². The molecule has 0 saturated carbocycles. The van der Waals surface area contributed by atoms with Crippen LogP contribution in [0.3, 0.4) is 0 Å². The molecule has 6 heteroatoms. The summed E-state index contributed by atoms with van der Waals surface area (Å²) in [4.78, 5) is 20.1. The molecule has 0 radical (unpaired) electrons. The third kappa shape index (κ3) is 4.58. The van der Waals surface area contributed by atoms with Crippen molar-refractivity contribution in [2.75, 3.05) is 33.8 Å². The van der Waals surface area contributed by atoms with Gasteiger partial charge in [0.05, 0.1) is 12.8 Å². The van der Waals surface area contributed by atoms with Gasteiger partial charge in [0.1, 0.15) is 15.6 Å². The summed E-state index contributed by atoms with van der Waals surface area (Å²) in [7, 11) is 3.55. The van der Waals surface area contributed by atoms with Crippen LogP contribution >= 0.6 is 11.3 Å². The quantitative estimate of drug-likeness (QED) is 0.810. The minimum atomic E-state index is 0.0438. The second-order valence-corrected chi connectivity index (χ2v) is 6.98. The fourth-order valence-electron chi connectivity index (χ4n) is 2.67. The summed E-state index contributed by atoms with van der Waals surface area (Å²) in [5, 5.41) is 3.92. The van der Waals surface area contributed by atoms with E-state index in [2.05, 4.69) is 29.4 Å². The molecule has 1 aromatic rings. The lowest BCUT2D eigenvalue weighted by atomic mass is 10.1. The van der Waals surface area contributed by atoms with E-state index in [1.165, 1.54) is 11.3 Å². The Hall–Kier alpha value is -1.92. The number of methoxy groups -OCH3 is 1. The minimum absolute atomic E-state index is 0.0438. The number of ether oxygens (including phenoxy) is 1. The lowest BCUT2D eigenvalue weighted by Gasteiger charge is -2.20. The van der Waals surface area contributed by atoms with Crippen LogP contribution in [0.1, 0.15) is 34.2 Å². The molecule has 1 aliphatic rings. The number of amides is 1. The molecule has 0 aromatic carbocycles. The number of nitrogens with one attached hydrogen (secondary N) is 1. The second-order valence-electron chi connectivity index (χ2n) is 5.98. The van der Waals surface area contributed by atoms with Gasteiger partial charge in [0.15, 0.2) is 0 Å². The van der Waals surface area contributed by atoms with Crippen LogP contribution in [0.4, 0.5) is 0 Å². The Labute approximate surface area is 154 Å². The van der Waals surface area contributed by atoms with E-state index in [0.717, 1.165) is 28.6 Å². The van der Waals surface area contributed by atoms with Crippen LogP contribution in [0, 0.1) is 12.8 Å². The molecule has 25 heavy (non-hydrogen) atoms. The summed E-state index contributed by atoms with van der Waals surface area (Å²) >= 11 is 1.44. The average Bonchev–Trinajstić information content (AvgIpc) is 2.88. The topological polar surface area (TPSA) is 54.5 Å². The van der Waals surface area contributed by atoms with Crippen molar-refractivity contribution in [2.24, 2.45) is 5.92 Å². The Bertz CT molecular complexity index is 704. The Morgan fingerprint density at radius 2 is 2.24 bits per heavy atom. The Balaban J connectivity index is 2.34. The van der Waals surface area contributed by atoms with E-state index in [-0.39, 0.29) is 11.8 Å². The van der Waals surface area contributed by atoms with Crippen molar-refractivity contribution in [3.63, 3.8) is 0 Å². The van der Waals surface area contributed by atoms with E-state index in [1.807, 2.05) is 37.9 Å². The van der Waals surface area contributed by atoms with E-state index in [4.69, 9.17) is 4.74 Å². The smallest absolute Gasteiger partial charge is 0.265 e. The number of aryl methyl sites for hydroxylation is 1. The molecular weight excluding hydrogens is 334 g/mol. The first-order valence-corrected chi connectivity index (χ1v) is 9.39. The normalized spacial score (nSPS) is 16.9. The van der Waals surface area contributed by atoms with Crippen molar-refractivity contribution in [2.45, 2.75) is 20.8 Å². The van der Waals surface area contributed by atoms with Crippen LogP contribution in [-0.4, -0.2) is 49.6 Å². The number of thiazole rings is 1. The highest BCUT2D eigenvalue weighted by molar-refractivity contribution is 7.14. The van der Waals surface area contributed by atoms with E-state index in [1.54, 1.807) is 7.11 Å². The third-order valence-corrected chi connectivity index (χ3v) is 5.28. The average molecular weight is 362 g/mol. The summed E-state index contributed by atoms with van der Waals surface area (Å²) in [6.07, 6.45) is 8.17. The third-order valence-electron chi connectivity index (χ3n) is 4.10.